The van der Waals surface area contributed by atoms with Crippen molar-refractivity contribution in [3.8, 4) is 11.4 Å². The van der Waals surface area contributed by atoms with E-state index in [2.05, 4.69) is 10.1 Å². The standard InChI is InChI=1S/C16H17ClN2O5/c1-4-22-15(20)13(16(21)23-5-2)10-6-11(8-12(17)7-10)14-18-9(3)24-19-14/h6-8,13H,4-5H2,1-3H3. The molecule has 0 atom stereocenters. The molecule has 0 saturated heterocycles. The van der Waals surface area contributed by atoms with Crippen LogP contribution in [0.3, 0.4) is 0 Å². The molecule has 0 aliphatic carbocycles. The third-order valence-corrected chi connectivity index (χ3v) is 3.30. The molecule has 0 amide bonds. The Labute approximate surface area is 143 Å². The second-order valence-electron chi connectivity index (χ2n) is 4.85. The summed E-state index contributed by atoms with van der Waals surface area (Å²) in [5.41, 5.74) is 0.866. The number of hydrogen-bond acceptors (Lipinski definition) is 7. The molecule has 0 radical (unpaired) electrons. The highest BCUT2D eigenvalue weighted by Gasteiger charge is 2.32. The molecule has 0 N–H and O–H groups in total. The van der Waals surface area contributed by atoms with Crippen molar-refractivity contribution >= 4 is 23.5 Å². The number of hydrogen-bond donors (Lipinski definition) is 0. The van der Waals surface area contributed by atoms with Crippen LogP contribution < -0.4 is 0 Å². The number of rotatable bonds is 6. The zero-order chi connectivity index (χ0) is 17.7. The van der Waals surface area contributed by atoms with Gasteiger partial charge in [-0.05, 0) is 37.6 Å². The minimum Gasteiger partial charge on any atom is -0.465 e. The third-order valence-electron chi connectivity index (χ3n) is 3.08. The summed E-state index contributed by atoms with van der Waals surface area (Å²) in [5.74, 6) is -1.93. The van der Waals surface area contributed by atoms with Crippen LogP contribution >= 0.6 is 11.6 Å². The molecule has 0 aliphatic heterocycles. The summed E-state index contributed by atoms with van der Waals surface area (Å²) in [7, 11) is 0. The van der Waals surface area contributed by atoms with Gasteiger partial charge in [-0.3, -0.25) is 9.59 Å². The molecule has 0 unspecified atom stereocenters. The van der Waals surface area contributed by atoms with Crippen LogP contribution in [0.2, 0.25) is 5.02 Å². The Hall–Kier alpha value is -2.41. The number of nitrogens with zero attached hydrogens (tertiary/aromatic N) is 2. The maximum absolute atomic E-state index is 12.2. The summed E-state index contributed by atoms with van der Waals surface area (Å²) < 4.78 is 14.9. The van der Waals surface area contributed by atoms with Crippen molar-refractivity contribution in [2.24, 2.45) is 0 Å². The van der Waals surface area contributed by atoms with Crippen molar-refractivity contribution < 1.29 is 23.6 Å². The largest absolute Gasteiger partial charge is 0.465 e. The highest BCUT2D eigenvalue weighted by atomic mass is 35.5. The van der Waals surface area contributed by atoms with E-state index in [1.165, 1.54) is 6.07 Å². The highest BCUT2D eigenvalue weighted by molar-refractivity contribution is 6.31. The number of carbonyl (C=O) groups excluding carboxylic acids is 2. The SMILES string of the molecule is CCOC(=O)C(C(=O)OCC)c1cc(Cl)cc(-c2noc(C)n2)c1. The topological polar surface area (TPSA) is 91.5 Å². The Morgan fingerprint density at radius 3 is 2.29 bits per heavy atom. The van der Waals surface area contributed by atoms with Gasteiger partial charge in [-0.2, -0.15) is 4.98 Å². The Morgan fingerprint density at radius 1 is 1.17 bits per heavy atom. The first kappa shape index (κ1) is 17.9. The maximum atomic E-state index is 12.2. The van der Waals surface area contributed by atoms with E-state index in [9.17, 15) is 9.59 Å². The van der Waals surface area contributed by atoms with Crippen molar-refractivity contribution in [2.75, 3.05) is 13.2 Å². The fourth-order valence-electron chi connectivity index (χ4n) is 2.14. The molecule has 2 aromatic rings. The summed E-state index contributed by atoms with van der Waals surface area (Å²) >= 11 is 6.12. The lowest BCUT2D eigenvalue weighted by Crippen LogP contribution is -2.26. The van der Waals surface area contributed by atoms with E-state index in [-0.39, 0.29) is 13.2 Å². The van der Waals surface area contributed by atoms with E-state index in [0.717, 1.165) is 0 Å². The van der Waals surface area contributed by atoms with Crippen LogP contribution in [0.25, 0.3) is 11.4 Å². The lowest BCUT2D eigenvalue weighted by molar-refractivity contribution is -0.156. The molecule has 0 fully saturated rings. The van der Waals surface area contributed by atoms with Gasteiger partial charge >= 0.3 is 11.9 Å². The van der Waals surface area contributed by atoms with Crippen molar-refractivity contribution in [1.82, 2.24) is 10.1 Å². The van der Waals surface area contributed by atoms with Gasteiger partial charge in [-0.15, -0.1) is 0 Å². The van der Waals surface area contributed by atoms with Gasteiger partial charge in [0.1, 0.15) is 0 Å². The average Bonchev–Trinajstić information content (AvgIpc) is 2.94. The quantitative estimate of drug-likeness (QED) is 0.583. The number of aromatic nitrogens is 2. The molecular formula is C16H17ClN2O5. The molecule has 0 aliphatic rings. The van der Waals surface area contributed by atoms with E-state index in [1.54, 1.807) is 32.9 Å². The zero-order valence-corrected chi connectivity index (χ0v) is 14.3. The first-order valence-corrected chi connectivity index (χ1v) is 7.78. The van der Waals surface area contributed by atoms with Crippen molar-refractivity contribution in [3.63, 3.8) is 0 Å². The summed E-state index contributed by atoms with van der Waals surface area (Å²) in [6.07, 6.45) is 0. The van der Waals surface area contributed by atoms with Gasteiger partial charge in [0.2, 0.25) is 11.7 Å². The molecule has 7 nitrogen and oxygen atoms in total. The average molecular weight is 353 g/mol. The number of carbonyl (C=O) groups is 2. The fourth-order valence-corrected chi connectivity index (χ4v) is 2.39. The van der Waals surface area contributed by atoms with Gasteiger partial charge in [0.15, 0.2) is 5.92 Å². The van der Waals surface area contributed by atoms with Gasteiger partial charge in [0.05, 0.1) is 13.2 Å². The summed E-state index contributed by atoms with van der Waals surface area (Å²) in [6, 6.07) is 4.72. The molecule has 8 heteroatoms. The van der Waals surface area contributed by atoms with E-state index in [4.69, 9.17) is 25.6 Å². The van der Waals surface area contributed by atoms with Crippen LogP contribution in [-0.2, 0) is 19.1 Å². The smallest absolute Gasteiger partial charge is 0.324 e. The molecule has 2 rings (SSSR count). The van der Waals surface area contributed by atoms with Crippen molar-refractivity contribution in [2.45, 2.75) is 26.7 Å². The van der Waals surface area contributed by atoms with Crippen LogP contribution in [0.1, 0.15) is 31.2 Å². The molecule has 1 aromatic heterocycles. The minimum atomic E-state index is -1.23. The number of esters is 2. The van der Waals surface area contributed by atoms with Gasteiger partial charge in [0.25, 0.3) is 0 Å². The van der Waals surface area contributed by atoms with Gasteiger partial charge in [-0.25, -0.2) is 0 Å². The molecule has 128 valence electrons. The molecule has 1 aromatic carbocycles. The monoisotopic (exact) mass is 352 g/mol. The number of halogens is 1. The molecule has 1 heterocycles. The Balaban J connectivity index is 2.47. The van der Waals surface area contributed by atoms with Crippen LogP contribution in [0.5, 0.6) is 0 Å². The van der Waals surface area contributed by atoms with Crippen molar-refractivity contribution in [1.29, 1.82) is 0 Å². The molecule has 24 heavy (non-hydrogen) atoms. The number of ether oxygens (including phenoxy) is 2. The lowest BCUT2D eigenvalue weighted by atomic mass is 9.97. The molecular weight excluding hydrogens is 336 g/mol. The summed E-state index contributed by atoms with van der Waals surface area (Å²) in [4.78, 5) is 28.5. The van der Waals surface area contributed by atoms with Gasteiger partial charge < -0.3 is 14.0 Å². The van der Waals surface area contributed by atoms with E-state index >= 15 is 0 Å². The minimum absolute atomic E-state index is 0.145. The van der Waals surface area contributed by atoms with E-state index in [1.807, 2.05) is 0 Å². The zero-order valence-electron chi connectivity index (χ0n) is 13.5. The predicted octanol–water partition coefficient (Wildman–Crippen LogP) is 2.91. The predicted molar refractivity (Wildman–Crippen MR) is 85.5 cm³/mol. The Morgan fingerprint density at radius 2 is 1.79 bits per heavy atom. The second kappa shape index (κ2) is 7.92. The van der Waals surface area contributed by atoms with E-state index < -0.39 is 17.9 Å². The summed E-state index contributed by atoms with van der Waals surface area (Å²) in [5, 5.41) is 4.14. The first-order valence-electron chi connectivity index (χ1n) is 7.40. The Kier molecular flexibility index (Phi) is 5.92. The van der Waals surface area contributed by atoms with E-state index in [0.29, 0.717) is 27.9 Å². The van der Waals surface area contributed by atoms with Crippen LogP contribution in [0.4, 0.5) is 0 Å². The van der Waals surface area contributed by atoms with Gasteiger partial charge in [0, 0.05) is 17.5 Å². The molecule has 0 bridgehead atoms. The van der Waals surface area contributed by atoms with Crippen LogP contribution in [0, 0.1) is 6.92 Å². The van der Waals surface area contributed by atoms with Gasteiger partial charge in [-0.1, -0.05) is 16.8 Å². The lowest BCUT2D eigenvalue weighted by Gasteiger charge is -2.15. The maximum Gasteiger partial charge on any atom is 0.324 e. The third kappa shape index (κ3) is 4.11. The normalized spacial score (nSPS) is 10.7. The highest BCUT2D eigenvalue weighted by Crippen LogP contribution is 2.28. The van der Waals surface area contributed by atoms with Crippen LogP contribution in [-0.4, -0.2) is 35.3 Å². The number of benzene rings is 1. The second-order valence-corrected chi connectivity index (χ2v) is 5.28. The molecule has 0 spiro atoms. The fraction of sp³-hybridized carbons (Fsp3) is 0.375. The first-order chi connectivity index (χ1) is 11.5. The Bertz CT molecular complexity index is 726. The van der Waals surface area contributed by atoms with Crippen molar-refractivity contribution in [3.05, 3.63) is 34.7 Å². The summed E-state index contributed by atoms with van der Waals surface area (Å²) in [6.45, 7) is 5.26. The molecule has 0 saturated carbocycles. The van der Waals surface area contributed by atoms with Crippen LogP contribution in [0.15, 0.2) is 22.7 Å². The number of aryl methyl sites for hydroxylation is 1.